The first-order valence-corrected chi connectivity index (χ1v) is 9.98. The molecule has 0 amide bonds. The van der Waals surface area contributed by atoms with Crippen LogP contribution in [0.3, 0.4) is 0 Å². The van der Waals surface area contributed by atoms with Crippen LogP contribution in [0.2, 0.25) is 0 Å². The van der Waals surface area contributed by atoms with Gasteiger partial charge in [-0.15, -0.1) is 0 Å². The van der Waals surface area contributed by atoms with Gasteiger partial charge in [-0.2, -0.15) is 9.97 Å². The standard InChI is InChI=1S/C23H27N5/c1-17-11-13-20(14-12-17)24-21-18(2)22(28-15-7-4-8-16-28)27-23(26-21)25-19-9-5-3-6-10-19/h3,5-6,9-14H,4,7-8,15-16H2,1-2H3,(H2,24,25,26,27). The third-order valence-corrected chi connectivity index (χ3v) is 5.12. The van der Waals surface area contributed by atoms with E-state index in [1.165, 1.54) is 24.8 Å². The second-order valence-electron chi connectivity index (χ2n) is 7.37. The van der Waals surface area contributed by atoms with Crippen molar-refractivity contribution >= 4 is 29.0 Å². The van der Waals surface area contributed by atoms with E-state index in [-0.39, 0.29) is 0 Å². The SMILES string of the molecule is Cc1ccc(Nc2nc(Nc3ccccc3)nc(N3CCCCC3)c2C)cc1. The molecule has 1 saturated heterocycles. The topological polar surface area (TPSA) is 53.1 Å². The average molecular weight is 374 g/mol. The normalized spacial score (nSPS) is 14.0. The molecule has 1 aliphatic rings. The predicted molar refractivity (Wildman–Crippen MR) is 117 cm³/mol. The van der Waals surface area contributed by atoms with Gasteiger partial charge in [0, 0.05) is 30.0 Å². The lowest BCUT2D eigenvalue weighted by atomic mass is 10.1. The van der Waals surface area contributed by atoms with Crippen molar-refractivity contribution in [2.24, 2.45) is 0 Å². The summed E-state index contributed by atoms with van der Waals surface area (Å²) < 4.78 is 0. The quantitative estimate of drug-likeness (QED) is 0.612. The van der Waals surface area contributed by atoms with Gasteiger partial charge >= 0.3 is 0 Å². The molecule has 2 heterocycles. The molecule has 1 fully saturated rings. The maximum absolute atomic E-state index is 4.87. The first kappa shape index (κ1) is 18.3. The summed E-state index contributed by atoms with van der Waals surface area (Å²) >= 11 is 0. The van der Waals surface area contributed by atoms with Crippen LogP contribution < -0.4 is 15.5 Å². The highest BCUT2D eigenvalue weighted by molar-refractivity contribution is 5.69. The molecule has 0 saturated carbocycles. The highest BCUT2D eigenvalue weighted by Crippen LogP contribution is 2.30. The van der Waals surface area contributed by atoms with Crippen LogP contribution >= 0.6 is 0 Å². The molecule has 3 aromatic rings. The van der Waals surface area contributed by atoms with Crippen LogP contribution in [-0.4, -0.2) is 23.1 Å². The lowest BCUT2D eigenvalue weighted by Gasteiger charge is -2.30. The number of aryl methyl sites for hydroxylation is 1. The fraction of sp³-hybridized carbons (Fsp3) is 0.304. The fourth-order valence-electron chi connectivity index (χ4n) is 3.52. The lowest BCUT2D eigenvalue weighted by Crippen LogP contribution is -2.31. The zero-order valence-corrected chi connectivity index (χ0v) is 16.6. The Labute approximate surface area is 166 Å². The van der Waals surface area contributed by atoms with Gasteiger partial charge in [0.25, 0.3) is 0 Å². The van der Waals surface area contributed by atoms with Crippen LogP contribution in [0.5, 0.6) is 0 Å². The van der Waals surface area contributed by atoms with E-state index >= 15 is 0 Å². The molecule has 2 N–H and O–H groups in total. The van der Waals surface area contributed by atoms with Gasteiger partial charge in [-0.3, -0.25) is 0 Å². The van der Waals surface area contributed by atoms with E-state index in [0.717, 1.165) is 41.7 Å². The van der Waals surface area contributed by atoms with E-state index in [0.29, 0.717) is 5.95 Å². The summed E-state index contributed by atoms with van der Waals surface area (Å²) in [4.78, 5) is 12.0. The van der Waals surface area contributed by atoms with Crippen molar-refractivity contribution in [1.82, 2.24) is 9.97 Å². The third kappa shape index (κ3) is 4.25. The summed E-state index contributed by atoms with van der Waals surface area (Å²) in [5.41, 5.74) is 4.34. The molecule has 0 radical (unpaired) electrons. The molecule has 0 aliphatic carbocycles. The van der Waals surface area contributed by atoms with Crippen LogP contribution in [0.4, 0.5) is 29.0 Å². The number of anilines is 5. The zero-order valence-electron chi connectivity index (χ0n) is 16.6. The van der Waals surface area contributed by atoms with E-state index in [1.807, 2.05) is 30.3 Å². The molecule has 1 aromatic heterocycles. The Balaban J connectivity index is 1.70. The van der Waals surface area contributed by atoms with Gasteiger partial charge in [0.15, 0.2) is 0 Å². The zero-order chi connectivity index (χ0) is 19.3. The number of para-hydroxylation sites is 1. The van der Waals surface area contributed by atoms with Crippen molar-refractivity contribution < 1.29 is 0 Å². The van der Waals surface area contributed by atoms with E-state index < -0.39 is 0 Å². The summed E-state index contributed by atoms with van der Waals surface area (Å²) in [5, 5.41) is 6.84. The molecule has 0 atom stereocenters. The number of aromatic nitrogens is 2. The Bertz CT molecular complexity index is 916. The Hall–Kier alpha value is -3.08. The van der Waals surface area contributed by atoms with Gasteiger partial charge in [0.05, 0.1) is 0 Å². The Morgan fingerprint density at radius 3 is 2.14 bits per heavy atom. The number of nitrogens with zero attached hydrogens (tertiary/aromatic N) is 3. The molecular weight excluding hydrogens is 346 g/mol. The minimum Gasteiger partial charge on any atom is -0.356 e. The average Bonchev–Trinajstić information content (AvgIpc) is 2.73. The first-order valence-electron chi connectivity index (χ1n) is 9.98. The maximum atomic E-state index is 4.87. The van der Waals surface area contributed by atoms with E-state index in [2.05, 4.69) is 53.6 Å². The predicted octanol–water partition coefficient (Wildman–Crippen LogP) is 5.57. The number of nitrogens with one attached hydrogen (secondary N) is 2. The van der Waals surface area contributed by atoms with E-state index in [9.17, 15) is 0 Å². The highest BCUT2D eigenvalue weighted by Gasteiger charge is 2.19. The summed E-state index contributed by atoms with van der Waals surface area (Å²) in [5.74, 6) is 2.48. The number of benzene rings is 2. The number of hydrogen-bond donors (Lipinski definition) is 2. The van der Waals surface area contributed by atoms with Gasteiger partial charge < -0.3 is 15.5 Å². The van der Waals surface area contributed by atoms with Crippen molar-refractivity contribution in [1.29, 1.82) is 0 Å². The molecule has 0 spiro atoms. The number of hydrogen-bond acceptors (Lipinski definition) is 5. The largest absolute Gasteiger partial charge is 0.356 e. The second kappa shape index (κ2) is 8.30. The van der Waals surface area contributed by atoms with Crippen molar-refractivity contribution in [2.75, 3.05) is 28.6 Å². The Morgan fingerprint density at radius 2 is 1.43 bits per heavy atom. The monoisotopic (exact) mass is 373 g/mol. The van der Waals surface area contributed by atoms with Crippen molar-refractivity contribution in [2.45, 2.75) is 33.1 Å². The molecule has 0 bridgehead atoms. The maximum Gasteiger partial charge on any atom is 0.231 e. The molecule has 1 aliphatic heterocycles. The molecule has 5 heteroatoms. The molecule has 2 aromatic carbocycles. The molecule has 0 unspecified atom stereocenters. The minimum absolute atomic E-state index is 0.618. The summed E-state index contributed by atoms with van der Waals surface area (Å²) in [6.07, 6.45) is 3.72. The summed E-state index contributed by atoms with van der Waals surface area (Å²) in [6, 6.07) is 18.4. The number of rotatable bonds is 5. The van der Waals surface area contributed by atoms with Crippen LogP contribution in [0, 0.1) is 13.8 Å². The lowest BCUT2D eigenvalue weighted by molar-refractivity contribution is 0.572. The van der Waals surface area contributed by atoms with E-state index in [4.69, 9.17) is 9.97 Å². The Kier molecular flexibility index (Phi) is 5.42. The van der Waals surface area contributed by atoms with Crippen LogP contribution in [-0.2, 0) is 0 Å². The van der Waals surface area contributed by atoms with Crippen LogP contribution in [0.1, 0.15) is 30.4 Å². The van der Waals surface area contributed by atoms with Gasteiger partial charge in [-0.25, -0.2) is 0 Å². The Morgan fingerprint density at radius 1 is 0.750 bits per heavy atom. The molecule has 144 valence electrons. The molecule has 4 rings (SSSR count). The van der Waals surface area contributed by atoms with Gasteiger partial charge in [-0.1, -0.05) is 35.9 Å². The van der Waals surface area contributed by atoms with Gasteiger partial charge in [0.1, 0.15) is 11.6 Å². The third-order valence-electron chi connectivity index (χ3n) is 5.12. The van der Waals surface area contributed by atoms with Crippen molar-refractivity contribution in [3.63, 3.8) is 0 Å². The minimum atomic E-state index is 0.618. The smallest absolute Gasteiger partial charge is 0.231 e. The first-order chi connectivity index (χ1) is 13.7. The summed E-state index contributed by atoms with van der Waals surface area (Å²) in [7, 11) is 0. The van der Waals surface area contributed by atoms with Crippen LogP contribution in [0.15, 0.2) is 54.6 Å². The van der Waals surface area contributed by atoms with Crippen molar-refractivity contribution in [3.05, 3.63) is 65.7 Å². The van der Waals surface area contributed by atoms with Gasteiger partial charge in [0.2, 0.25) is 5.95 Å². The highest BCUT2D eigenvalue weighted by atomic mass is 15.2. The summed E-state index contributed by atoms with van der Waals surface area (Å²) in [6.45, 7) is 6.29. The molecule has 28 heavy (non-hydrogen) atoms. The molecule has 5 nitrogen and oxygen atoms in total. The second-order valence-corrected chi connectivity index (χ2v) is 7.37. The molecular formula is C23H27N5. The van der Waals surface area contributed by atoms with E-state index in [1.54, 1.807) is 0 Å². The fourth-order valence-corrected chi connectivity index (χ4v) is 3.52. The van der Waals surface area contributed by atoms with Gasteiger partial charge in [-0.05, 0) is 57.4 Å². The van der Waals surface area contributed by atoms with Crippen molar-refractivity contribution in [3.8, 4) is 0 Å². The van der Waals surface area contributed by atoms with Crippen LogP contribution in [0.25, 0.3) is 0 Å². The number of piperidine rings is 1.